The number of nitrogens with one attached hydrogen (secondary N) is 1. The molecule has 1 N–H and O–H groups in total. The number of aromatic nitrogens is 1. The number of hydrogen-bond donors (Lipinski definition) is 1. The number of ether oxygens (including phenoxy) is 1. The van der Waals surface area contributed by atoms with Crippen LogP contribution >= 0.6 is 24.0 Å². The highest BCUT2D eigenvalue weighted by Gasteiger charge is 2.24. The zero-order valence-corrected chi connectivity index (χ0v) is 18.8. The number of halogens is 1. The first kappa shape index (κ1) is 21.3. The van der Waals surface area contributed by atoms with E-state index in [0.717, 1.165) is 51.0 Å². The second-order valence-corrected chi connectivity index (χ2v) is 7.40. The van der Waals surface area contributed by atoms with Crippen LogP contribution in [-0.4, -0.2) is 73.7 Å². The van der Waals surface area contributed by atoms with Gasteiger partial charge in [-0.1, -0.05) is 24.3 Å². The molecule has 0 aliphatic carbocycles. The number of fused-ring (bicyclic) bond motifs is 1. The minimum absolute atomic E-state index is 0. The van der Waals surface area contributed by atoms with Gasteiger partial charge in [0, 0.05) is 58.0 Å². The Hall–Kier alpha value is -1.45. The van der Waals surface area contributed by atoms with Crippen LogP contribution in [0.5, 0.6) is 0 Å². The third kappa shape index (κ3) is 5.12. The lowest BCUT2D eigenvalue weighted by molar-refractivity contribution is 0.139. The molecule has 0 bridgehead atoms. The standard InChI is InChI=1S/C21H29N5O.HI/c1-22-21(24-14-20-19-5-3-2-4-18(19)6-8-23-20)26-11-9-25(10-12-26)15-17-7-13-27-16-17;/h2-6,8,17H,7,9-16H2,1H3,(H,22,24);1H. The molecule has 2 fully saturated rings. The van der Waals surface area contributed by atoms with Gasteiger partial charge in [0.2, 0.25) is 0 Å². The van der Waals surface area contributed by atoms with Gasteiger partial charge < -0.3 is 15.0 Å². The van der Waals surface area contributed by atoms with Crippen molar-refractivity contribution in [3.8, 4) is 0 Å². The quantitative estimate of drug-likeness (QED) is 0.402. The molecule has 2 aromatic rings. The van der Waals surface area contributed by atoms with E-state index in [0.29, 0.717) is 12.5 Å². The Bertz CT molecular complexity index is 780. The van der Waals surface area contributed by atoms with Gasteiger partial charge >= 0.3 is 0 Å². The fraction of sp³-hybridized carbons (Fsp3) is 0.524. The van der Waals surface area contributed by atoms with E-state index in [4.69, 9.17) is 4.74 Å². The molecule has 7 heteroatoms. The van der Waals surface area contributed by atoms with Crippen LogP contribution in [0.2, 0.25) is 0 Å². The van der Waals surface area contributed by atoms with Crippen LogP contribution in [0.3, 0.4) is 0 Å². The Morgan fingerprint density at radius 3 is 2.79 bits per heavy atom. The van der Waals surface area contributed by atoms with Crippen molar-refractivity contribution in [1.82, 2.24) is 20.1 Å². The van der Waals surface area contributed by atoms with Gasteiger partial charge in [-0.15, -0.1) is 24.0 Å². The van der Waals surface area contributed by atoms with Crippen LogP contribution in [-0.2, 0) is 11.3 Å². The van der Waals surface area contributed by atoms with Gasteiger partial charge in [0.1, 0.15) is 0 Å². The van der Waals surface area contributed by atoms with Crippen molar-refractivity contribution in [1.29, 1.82) is 0 Å². The lowest BCUT2D eigenvalue weighted by Gasteiger charge is -2.37. The van der Waals surface area contributed by atoms with E-state index in [1.54, 1.807) is 0 Å². The number of pyridine rings is 1. The molecule has 1 aromatic heterocycles. The van der Waals surface area contributed by atoms with E-state index in [1.807, 2.05) is 13.2 Å². The summed E-state index contributed by atoms with van der Waals surface area (Å²) in [5.41, 5.74) is 1.06. The van der Waals surface area contributed by atoms with Crippen LogP contribution in [0.25, 0.3) is 10.8 Å². The molecule has 4 rings (SSSR count). The summed E-state index contributed by atoms with van der Waals surface area (Å²) in [6.07, 6.45) is 3.09. The summed E-state index contributed by atoms with van der Waals surface area (Å²) >= 11 is 0. The smallest absolute Gasteiger partial charge is 0.194 e. The van der Waals surface area contributed by atoms with Gasteiger partial charge in [-0.25, -0.2) is 0 Å². The number of piperazine rings is 1. The SMILES string of the molecule is CN=C(NCc1nccc2ccccc12)N1CCN(CC2CCOC2)CC1.I. The average molecular weight is 495 g/mol. The maximum atomic E-state index is 5.51. The highest BCUT2D eigenvalue weighted by Crippen LogP contribution is 2.17. The highest BCUT2D eigenvalue weighted by molar-refractivity contribution is 14.0. The molecular weight excluding hydrogens is 465 g/mol. The number of aliphatic imine (C=N–C) groups is 1. The molecule has 0 amide bonds. The molecule has 2 aliphatic heterocycles. The predicted molar refractivity (Wildman–Crippen MR) is 124 cm³/mol. The molecule has 3 heterocycles. The number of hydrogen-bond acceptors (Lipinski definition) is 4. The average Bonchev–Trinajstić information content (AvgIpc) is 3.23. The number of guanidine groups is 1. The summed E-state index contributed by atoms with van der Waals surface area (Å²) in [4.78, 5) is 14.0. The Morgan fingerprint density at radius 2 is 2.04 bits per heavy atom. The van der Waals surface area contributed by atoms with Crippen molar-refractivity contribution in [2.45, 2.75) is 13.0 Å². The Balaban J connectivity index is 0.00000225. The molecule has 28 heavy (non-hydrogen) atoms. The molecule has 1 unspecified atom stereocenters. The van der Waals surface area contributed by atoms with E-state index in [2.05, 4.69) is 55.4 Å². The molecule has 2 saturated heterocycles. The first-order valence-electron chi connectivity index (χ1n) is 9.92. The zero-order valence-electron chi connectivity index (χ0n) is 16.5. The van der Waals surface area contributed by atoms with Crippen molar-refractivity contribution in [3.05, 3.63) is 42.2 Å². The minimum atomic E-state index is 0. The number of rotatable bonds is 4. The summed E-state index contributed by atoms with van der Waals surface area (Å²) in [7, 11) is 1.86. The Morgan fingerprint density at radius 1 is 1.21 bits per heavy atom. The second kappa shape index (κ2) is 10.4. The second-order valence-electron chi connectivity index (χ2n) is 7.40. The van der Waals surface area contributed by atoms with Crippen LogP contribution in [0.4, 0.5) is 0 Å². The monoisotopic (exact) mass is 495 g/mol. The minimum Gasteiger partial charge on any atom is -0.381 e. The van der Waals surface area contributed by atoms with E-state index in [-0.39, 0.29) is 24.0 Å². The highest BCUT2D eigenvalue weighted by atomic mass is 127. The molecule has 1 aromatic carbocycles. The maximum absolute atomic E-state index is 5.51. The molecule has 6 nitrogen and oxygen atoms in total. The van der Waals surface area contributed by atoms with Crippen molar-refractivity contribution in [2.24, 2.45) is 10.9 Å². The molecule has 0 spiro atoms. The van der Waals surface area contributed by atoms with Gasteiger partial charge in [-0.2, -0.15) is 0 Å². The van der Waals surface area contributed by atoms with Gasteiger partial charge in [0.05, 0.1) is 18.8 Å². The van der Waals surface area contributed by atoms with Crippen molar-refractivity contribution < 1.29 is 4.74 Å². The Kier molecular flexibility index (Phi) is 7.87. The molecule has 2 aliphatic rings. The summed E-state index contributed by atoms with van der Waals surface area (Å²) in [5, 5.41) is 5.94. The lowest BCUT2D eigenvalue weighted by Crippen LogP contribution is -2.53. The van der Waals surface area contributed by atoms with Gasteiger partial charge in [-0.05, 0) is 23.8 Å². The molecule has 1 atom stereocenters. The number of benzene rings is 1. The van der Waals surface area contributed by atoms with Crippen LogP contribution in [0.15, 0.2) is 41.5 Å². The molecule has 0 saturated carbocycles. The first-order chi connectivity index (χ1) is 13.3. The van der Waals surface area contributed by atoms with Gasteiger partial charge in [0.25, 0.3) is 0 Å². The maximum Gasteiger partial charge on any atom is 0.194 e. The van der Waals surface area contributed by atoms with Crippen LogP contribution < -0.4 is 5.32 Å². The molecular formula is C21H30IN5O. The van der Waals surface area contributed by atoms with Gasteiger partial charge in [-0.3, -0.25) is 14.9 Å². The van der Waals surface area contributed by atoms with Crippen LogP contribution in [0, 0.1) is 5.92 Å². The molecule has 152 valence electrons. The fourth-order valence-corrected chi connectivity index (χ4v) is 4.05. The lowest BCUT2D eigenvalue weighted by atomic mass is 10.1. The van der Waals surface area contributed by atoms with E-state index < -0.39 is 0 Å². The van der Waals surface area contributed by atoms with Crippen LogP contribution in [0.1, 0.15) is 12.1 Å². The normalized spacial score (nSPS) is 21.0. The zero-order chi connectivity index (χ0) is 18.5. The summed E-state index contributed by atoms with van der Waals surface area (Å²) in [6.45, 7) is 7.91. The third-order valence-electron chi connectivity index (χ3n) is 5.59. The largest absolute Gasteiger partial charge is 0.381 e. The fourth-order valence-electron chi connectivity index (χ4n) is 4.05. The van der Waals surface area contributed by atoms with Crippen molar-refractivity contribution in [3.63, 3.8) is 0 Å². The summed E-state index contributed by atoms with van der Waals surface area (Å²) in [6, 6.07) is 10.5. The van der Waals surface area contributed by atoms with Gasteiger partial charge in [0.15, 0.2) is 5.96 Å². The van der Waals surface area contributed by atoms with E-state index >= 15 is 0 Å². The van der Waals surface area contributed by atoms with Crippen molar-refractivity contribution in [2.75, 3.05) is 53.0 Å². The van der Waals surface area contributed by atoms with E-state index in [1.165, 1.54) is 23.7 Å². The number of nitrogens with zero attached hydrogens (tertiary/aromatic N) is 4. The predicted octanol–water partition coefficient (Wildman–Crippen LogP) is 2.58. The topological polar surface area (TPSA) is 53.0 Å². The summed E-state index contributed by atoms with van der Waals surface area (Å²) in [5.74, 6) is 1.68. The Labute approximate surface area is 184 Å². The van der Waals surface area contributed by atoms with Crippen molar-refractivity contribution >= 4 is 40.7 Å². The third-order valence-corrected chi connectivity index (χ3v) is 5.59. The first-order valence-corrected chi connectivity index (χ1v) is 9.92. The van der Waals surface area contributed by atoms with E-state index in [9.17, 15) is 0 Å². The summed E-state index contributed by atoms with van der Waals surface area (Å²) < 4.78 is 5.51. The molecule has 0 radical (unpaired) electrons.